The second-order valence-electron chi connectivity index (χ2n) is 9.90. The maximum Gasteiger partial charge on any atom is 0.326 e. The molecule has 0 unspecified atom stereocenters. The fourth-order valence-corrected chi connectivity index (χ4v) is 5.33. The van der Waals surface area contributed by atoms with E-state index >= 15 is 0 Å². The molecule has 0 aliphatic carbocycles. The molecular weight excluding hydrogens is 452 g/mol. The zero-order valence-corrected chi connectivity index (χ0v) is 20.9. The van der Waals surface area contributed by atoms with E-state index in [0.717, 1.165) is 42.8 Å². The van der Waals surface area contributed by atoms with E-state index in [9.17, 15) is 9.59 Å². The summed E-state index contributed by atoms with van der Waals surface area (Å²) in [4.78, 5) is 33.0. The highest BCUT2D eigenvalue weighted by molar-refractivity contribution is 5.94. The quantitative estimate of drug-likeness (QED) is 0.472. The van der Waals surface area contributed by atoms with Gasteiger partial charge in [-0.3, -0.25) is 9.36 Å². The molecule has 1 aromatic heterocycles. The Kier molecular flexibility index (Phi) is 7.86. The van der Waals surface area contributed by atoms with Crippen LogP contribution in [0.15, 0.2) is 65.6 Å². The average molecular weight is 489 g/mol. The number of benzene rings is 2. The summed E-state index contributed by atoms with van der Waals surface area (Å²) in [5.74, 6) is 0.849. The van der Waals surface area contributed by atoms with Crippen molar-refractivity contribution in [1.29, 1.82) is 0 Å². The number of likely N-dealkylation sites (tertiary alicyclic amines) is 2. The number of H-pyrrole nitrogens is 1. The molecule has 0 spiro atoms. The number of piperidine rings is 2. The first-order valence-corrected chi connectivity index (χ1v) is 13.3. The molecule has 1 amide bonds. The van der Waals surface area contributed by atoms with Crippen LogP contribution in [0.3, 0.4) is 0 Å². The lowest BCUT2D eigenvalue weighted by molar-refractivity contribution is 0.0693. The highest BCUT2D eigenvalue weighted by Crippen LogP contribution is 2.25. The van der Waals surface area contributed by atoms with Crippen molar-refractivity contribution in [3.8, 4) is 17.0 Å². The zero-order chi connectivity index (χ0) is 24.7. The van der Waals surface area contributed by atoms with Crippen LogP contribution in [-0.2, 0) is 0 Å². The van der Waals surface area contributed by atoms with Crippen LogP contribution in [0.2, 0.25) is 0 Å². The summed E-state index contributed by atoms with van der Waals surface area (Å²) in [7, 11) is 0. The van der Waals surface area contributed by atoms with Crippen molar-refractivity contribution in [2.24, 2.45) is 0 Å². The van der Waals surface area contributed by atoms with Crippen LogP contribution in [0.1, 0.15) is 54.9 Å². The number of aromatic nitrogens is 2. The van der Waals surface area contributed by atoms with E-state index in [-0.39, 0.29) is 17.6 Å². The largest absolute Gasteiger partial charge is 0.494 e. The van der Waals surface area contributed by atoms with Gasteiger partial charge in [0.25, 0.3) is 5.91 Å². The lowest BCUT2D eigenvalue weighted by Crippen LogP contribution is -2.40. The SMILES string of the molecule is O=C(c1ccc(OCCCN2CCCCC2)cc1)N1CCC(n2cc(-c3ccccc3)[nH]c2=O)CC1. The Bertz CT molecular complexity index is 1170. The molecule has 2 aliphatic heterocycles. The van der Waals surface area contributed by atoms with Gasteiger partial charge in [-0.2, -0.15) is 0 Å². The second kappa shape index (κ2) is 11.6. The first-order chi connectivity index (χ1) is 17.7. The Hall–Kier alpha value is -3.32. The van der Waals surface area contributed by atoms with Crippen LogP contribution in [0, 0.1) is 0 Å². The Morgan fingerprint density at radius 3 is 2.36 bits per heavy atom. The maximum absolute atomic E-state index is 13.1. The summed E-state index contributed by atoms with van der Waals surface area (Å²) in [6, 6.07) is 17.5. The van der Waals surface area contributed by atoms with Crippen LogP contribution in [0.25, 0.3) is 11.3 Å². The summed E-state index contributed by atoms with van der Waals surface area (Å²) >= 11 is 0. The number of carbonyl (C=O) groups is 1. The third-order valence-corrected chi connectivity index (χ3v) is 7.41. The van der Waals surface area contributed by atoms with Gasteiger partial charge in [0, 0.05) is 37.4 Å². The Balaban J connectivity index is 1.10. The molecule has 3 heterocycles. The molecule has 1 N–H and O–H groups in total. The van der Waals surface area contributed by atoms with E-state index in [2.05, 4.69) is 9.88 Å². The van der Waals surface area contributed by atoms with E-state index in [1.54, 1.807) is 4.57 Å². The van der Waals surface area contributed by atoms with Gasteiger partial charge in [-0.1, -0.05) is 36.8 Å². The van der Waals surface area contributed by atoms with Gasteiger partial charge in [0.2, 0.25) is 0 Å². The highest BCUT2D eigenvalue weighted by atomic mass is 16.5. The normalized spacial score (nSPS) is 17.3. The Labute approximate surface area is 212 Å². The summed E-state index contributed by atoms with van der Waals surface area (Å²) < 4.78 is 7.69. The number of hydrogen-bond donors (Lipinski definition) is 1. The van der Waals surface area contributed by atoms with E-state index in [1.807, 2.05) is 65.7 Å². The van der Waals surface area contributed by atoms with Crippen LogP contribution in [0.5, 0.6) is 5.75 Å². The molecule has 2 saturated heterocycles. The number of hydrogen-bond acceptors (Lipinski definition) is 4. The summed E-state index contributed by atoms with van der Waals surface area (Å²) in [6.45, 7) is 5.49. The zero-order valence-electron chi connectivity index (χ0n) is 20.9. The van der Waals surface area contributed by atoms with Crippen molar-refractivity contribution in [3.63, 3.8) is 0 Å². The van der Waals surface area contributed by atoms with Crippen molar-refractivity contribution >= 4 is 5.91 Å². The first-order valence-electron chi connectivity index (χ1n) is 13.3. The molecule has 2 aromatic carbocycles. The summed E-state index contributed by atoms with van der Waals surface area (Å²) in [5.41, 5.74) is 2.41. The van der Waals surface area contributed by atoms with Gasteiger partial charge in [0.15, 0.2) is 0 Å². The van der Waals surface area contributed by atoms with Gasteiger partial charge in [0.05, 0.1) is 12.3 Å². The van der Waals surface area contributed by atoms with Gasteiger partial charge in [-0.05, 0) is 75.0 Å². The van der Waals surface area contributed by atoms with Crippen molar-refractivity contribution in [2.75, 3.05) is 39.3 Å². The van der Waals surface area contributed by atoms with Crippen molar-refractivity contribution in [3.05, 3.63) is 76.8 Å². The summed E-state index contributed by atoms with van der Waals surface area (Å²) in [6.07, 6.45) is 8.43. The van der Waals surface area contributed by atoms with Gasteiger partial charge < -0.3 is 19.5 Å². The van der Waals surface area contributed by atoms with Crippen molar-refractivity contribution < 1.29 is 9.53 Å². The van der Waals surface area contributed by atoms with Gasteiger partial charge in [0.1, 0.15) is 5.75 Å². The number of ether oxygens (including phenoxy) is 1. The van der Waals surface area contributed by atoms with Gasteiger partial charge in [-0.15, -0.1) is 0 Å². The standard InChI is InChI=1S/C29H36N4O3/c34-28(24-10-12-26(13-11-24)36-21-7-18-31-16-5-2-6-17-31)32-19-14-25(15-20-32)33-22-27(30-29(33)35)23-8-3-1-4-9-23/h1,3-4,8-13,22,25H,2,5-7,14-21H2,(H,30,35). The lowest BCUT2D eigenvalue weighted by atomic mass is 10.0. The number of nitrogens with zero attached hydrogens (tertiary/aromatic N) is 3. The van der Waals surface area contributed by atoms with E-state index in [1.165, 1.54) is 32.4 Å². The number of aromatic amines is 1. The molecule has 2 fully saturated rings. The van der Waals surface area contributed by atoms with E-state index in [4.69, 9.17) is 4.74 Å². The van der Waals surface area contributed by atoms with E-state index in [0.29, 0.717) is 25.3 Å². The predicted molar refractivity (Wildman–Crippen MR) is 142 cm³/mol. The molecule has 0 atom stereocenters. The molecule has 2 aliphatic rings. The number of carbonyl (C=O) groups excluding carboxylic acids is 1. The van der Waals surface area contributed by atoms with Crippen LogP contribution in [-0.4, -0.2) is 64.6 Å². The maximum atomic E-state index is 13.1. The minimum atomic E-state index is -0.0925. The molecule has 7 nitrogen and oxygen atoms in total. The number of nitrogens with one attached hydrogen (secondary N) is 1. The van der Waals surface area contributed by atoms with Gasteiger partial charge in [-0.25, -0.2) is 4.79 Å². The molecule has 0 saturated carbocycles. The monoisotopic (exact) mass is 488 g/mol. The van der Waals surface area contributed by atoms with Gasteiger partial charge >= 0.3 is 5.69 Å². The smallest absolute Gasteiger partial charge is 0.326 e. The van der Waals surface area contributed by atoms with Crippen LogP contribution >= 0.6 is 0 Å². The van der Waals surface area contributed by atoms with Crippen molar-refractivity contribution in [1.82, 2.24) is 19.4 Å². The topological polar surface area (TPSA) is 70.6 Å². The molecule has 190 valence electrons. The molecule has 5 rings (SSSR count). The molecule has 36 heavy (non-hydrogen) atoms. The number of rotatable bonds is 8. The fraction of sp³-hybridized carbons (Fsp3) is 0.448. The van der Waals surface area contributed by atoms with Crippen LogP contribution < -0.4 is 10.4 Å². The average Bonchev–Trinajstić information content (AvgIpc) is 3.34. The van der Waals surface area contributed by atoms with E-state index < -0.39 is 0 Å². The highest BCUT2D eigenvalue weighted by Gasteiger charge is 2.26. The summed E-state index contributed by atoms with van der Waals surface area (Å²) in [5, 5.41) is 0. The Morgan fingerprint density at radius 1 is 0.917 bits per heavy atom. The Morgan fingerprint density at radius 2 is 1.64 bits per heavy atom. The third-order valence-electron chi connectivity index (χ3n) is 7.41. The van der Waals surface area contributed by atoms with Crippen LogP contribution in [0.4, 0.5) is 0 Å². The predicted octanol–water partition coefficient (Wildman–Crippen LogP) is 4.58. The molecular formula is C29H36N4O3. The minimum Gasteiger partial charge on any atom is -0.494 e. The third kappa shape index (κ3) is 5.90. The minimum absolute atomic E-state index is 0.0384. The molecule has 3 aromatic rings. The number of amides is 1. The molecule has 0 bridgehead atoms. The fourth-order valence-electron chi connectivity index (χ4n) is 5.33. The molecule has 7 heteroatoms. The molecule has 0 radical (unpaired) electrons. The second-order valence-corrected chi connectivity index (χ2v) is 9.90. The van der Waals surface area contributed by atoms with Crippen molar-refractivity contribution in [2.45, 2.75) is 44.6 Å². The number of imidazole rings is 1. The lowest BCUT2D eigenvalue weighted by Gasteiger charge is -2.32. The first kappa shape index (κ1) is 24.4.